The molecule has 1 aromatic rings. The van der Waals surface area contributed by atoms with Crippen molar-refractivity contribution < 1.29 is 4.68 Å². The fourth-order valence-corrected chi connectivity index (χ4v) is 1.49. The van der Waals surface area contributed by atoms with Crippen LogP contribution in [0.1, 0.15) is 32.0 Å². The number of hydrogen-bond acceptors (Lipinski definition) is 1. The van der Waals surface area contributed by atoms with Gasteiger partial charge in [-0.1, -0.05) is 25.4 Å². The number of hydrogen-bond donors (Lipinski definition) is 0. The molecule has 2 rings (SSSR count). The van der Waals surface area contributed by atoms with Gasteiger partial charge in [-0.25, -0.2) is 0 Å². The largest absolute Gasteiger partial charge is 0.220 e. The number of rotatable bonds is 0. The van der Waals surface area contributed by atoms with Crippen molar-refractivity contribution in [2.75, 3.05) is 0 Å². The predicted octanol–water partition coefficient (Wildman–Crippen LogP) is 1.66. The Morgan fingerprint density at radius 3 is 2.85 bits per heavy atom. The van der Waals surface area contributed by atoms with E-state index in [9.17, 15) is 0 Å². The molecule has 1 aliphatic heterocycles. The molecule has 0 saturated carbocycles. The van der Waals surface area contributed by atoms with E-state index < -0.39 is 0 Å². The predicted molar refractivity (Wildman–Crippen MR) is 52.9 cm³/mol. The van der Waals surface area contributed by atoms with Crippen molar-refractivity contribution in [1.29, 1.82) is 0 Å². The van der Waals surface area contributed by atoms with Gasteiger partial charge in [0.05, 0.1) is 12.6 Å². The lowest BCUT2D eigenvalue weighted by molar-refractivity contribution is -0.680. The smallest absolute Gasteiger partial charge is 0.0567 e. The van der Waals surface area contributed by atoms with Crippen molar-refractivity contribution in [3.63, 3.8) is 0 Å². The summed E-state index contributed by atoms with van der Waals surface area (Å²) in [5, 5.41) is 4.21. The van der Waals surface area contributed by atoms with Gasteiger partial charge in [-0.15, -0.1) is 0 Å². The van der Waals surface area contributed by atoms with Gasteiger partial charge in [0.1, 0.15) is 0 Å². The molecule has 0 aromatic carbocycles. The minimum atomic E-state index is 0.234. The fourth-order valence-electron chi connectivity index (χ4n) is 1.49. The van der Waals surface area contributed by atoms with Crippen molar-refractivity contribution in [3.05, 3.63) is 29.6 Å². The second-order valence-corrected chi connectivity index (χ2v) is 4.50. The third-order valence-electron chi connectivity index (χ3n) is 2.38. The first-order chi connectivity index (χ1) is 6.07. The average Bonchev–Trinajstić information content (AvgIpc) is 2.47. The zero-order valence-corrected chi connectivity index (χ0v) is 8.41. The Morgan fingerprint density at radius 2 is 2.15 bits per heavy atom. The van der Waals surface area contributed by atoms with Crippen molar-refractivity contribution in [2.45, 2.75) is 32.6 Å². The van der Waals surface area contributed by atoms with E-state index in [0.717, 1.165) is 6.42 Å². The molecule has 0 unspecified atom stereocenters. The van der Waals surface area contributed by atoms with Gasteiger partial charge in [-0.3, -0.25) is 0 Å². The summed E-state index contributed by atoms with van der Waals surface area (Å²) in [5.41, 5.74) is 2.90. The van der Waals surface area contributed by atoms with Gasteiger partial charge >= 0.3 is 0 Å². The van der Waals surface area contributed by atoms with Gasteiger partial charge in [0.2, 0.25) is 11.9 Å². The van der Waals surface area contributed by atoms with E-state index in [1.807, 2.05) is 17.1 Å². The first kappa shape index (κ1) is 8.42. The lowest BCUT2D eigenvalue weighted by Crippen LogP contribution is -2.29. The Balaban J connectivity index is 2.45. The van der Waals surface area contributed by atoms with Crippen LogP contribution in [0, 0.1) is 0 Å². The number of nitrogens with zero attached hydrogens (tertiary/aromatic N) is 2. The second-order valence-electron chi connectivity index (χ2n) is 4.50. The van der Waals surface area contributed by atoms with Crippen molar-refractivity contribution in [2.24, 2.45) is 5.10 Å². The molecule has 2 nitrogen and oxygen atoms in total. The first-order valence-electron chi connectivity index (χ1n) is 4.65. The Kier molecular flexibility index (Phi) is 1.72. The van der Waals surface area contributed by atoms with Gasteiger partial charge in [-0.2, -0.15) is 0 Å². The van der Waals surface area contributed by atoms with Crippen LogP contribution in [0.4, 0.5) is 0 Å². The molecular weight excluding hydrogens is 160 g/mol. The molecule has 0 amide bonds. The van der Waals surface area contributed by atoms with Crippen LogP contribution in [0.15, 0.2) is 23.4 Å². The summed E-state index contributed by atoms with van der Waals surface area (Å²) >= 11 is 0. The maximum atomic E-state index is 4.21. The van der Waals surface area contributed by atoms with E-state index in [1.165, 1.54) is 11.3 Å². The van der Waals surface area contributed by atoms with Crippen molar-refractivity contribution in [1.82, 2.24) is 0 Å². The van der Waals surface area contributed by atoms with E-state index in [2.05, 4.69) is 38.0 Å². The minimum Gasteiger partial charge on any atom is -0.0567 e. The van der Waals surface area contributed by atoms with Crippen LogP contribution in [0.5, 0.6) is 0 Å². The Hall–Kier alpha value is -1.18. The van der Waals surface area contributed by atoms with Crippen LogP contribution in [0.2, 0.25) is 0 Å². The highest BCUT2D eigenvalue weighted by Gasteiger charge is 2.21. The minimum absolute atomic E-state index is 0.234. The summed E-state index contributed by atoms with van der Waals surface area (Å²) in [7, 11) is 0. The molecule has 0 aliphatic carbocycles. The lowest BCUT2D eigenvalue weighted by Gasteiger charge is -2.17. The normalized spacial score (nSPS) is 14.7. The zero-order valence-electron chi connectivity index (χ0n) is 8.41. The highest BCUT2D eigenvalue weighted by Crippen LogP contribution is 2.21. The van der Waals surface area contributed by atoms with E-state index >= 15 is 0 Å². The van der Waals surface area contributed by atoms with E-state index in [1.54, 1.807) is 0 Å². The summed E-state index contributed by atoms with van der Waals surface area (Å²) in [5.74, 6) is 0. The maximum absolute atomic E-state index is 4.21. The summed E-state index contributed by atoms with van der Waals surface area (Å²) in [4.78, 5) is 0. The molecule has 0 bridgehead atoms. The quantitative estimate of drug-likeness (QED) is 0.533. The molecule has 2 heteroatoms. The molecule has 2 heterocycles. The summed E-state index contributed by atoms with van der Waals surface area (Å²) in [6.07, 6.45) is 4.95. The van der Waals surface area contributed by atoms with E-state index in [0.29, 0.717) is 0 Å². The molecule has 0 N–H and O–H groups in total. The van der Waals surface area contributed by atoms with Crippen LogP contribution >= 0.6 is 0 Å². The number of pyridine rings is 1. The molecule has 0 fully saturated rings. The van der Waals surface area contributed by atoms with Crippen LogP contribution in [0.25, 0.3) is 0 Å². The Labute approximate surface area is 78.9 Å². The average molecular weight is 175 g/mol. The Morgan fingerprint density at radius 1 is 1.38 bits per heavy atom. The SMILES string of the molecule is CC(C)(C)c1cc[n+]2c(c1)CC=N2. The van der Waals surface area contributed by atoms with Gasteiger partial charge in [0, 0.05) is 12.1 Å². The second kappa shape index (κ2) is 2.66. The molecule has 0 radical (unpaired) electrons. The van der Waals surface area contributed by atoms with Gasteiger partial charge in [0.15, 0.2) is 0 Å². The number of aromatic nitrogens is 1. The standard InChI is InChI=1S/C11H15N2/c1-11(2,3)9-5-7-13-10(8-9)4-6-12-13/h5-8H,4H2,1-3H3/q+1. The molecular formula is C11H15N2+. The van der Waals surface area contributed by atoms with Crippen LogP contribution in [-0.4, -0.2) is 6.21 Å². The van der Waals surface area contributed by atoms with Crippen LogP contribution in [-0.2, 0) is 11.8 Å². The zero-order chi connectivity index (χ0) is 9.47. The topological polar surface area (TPSA) is 16.2 Å². The summed E-state index contributed by atoms with van der Waals surface area (Å²) in [6, 6.07) is 4.39. The monoisotopic (exact) mass is 175 g/mol. The Bertz CT molecular complexity index is 359. The molecule has 0 spiro atoms. The van der Waals surface area contributed by atoms with Crippen molar-refractivity contribution >= 4 is 6.21 Å². The summed E-state index contributed by atoms with van der Waals surface area (Å²) in [6.45, 7) is 6.69. The fraction of sp³-hybridized carbons (Fsp3) is 0.455. The van der Waals surface area contributed by atoms with Crippen LogP contribution < -0.4 is 4.68 Å². The molecule has 1 aliphatic rings. The third kappa shape index (κ3) is 1.48. The molecule has 68 valence electrons. The van der Waals surface area contributed by atoms with E-state index in [4.69, 9.17) is 0 Å². The lowest BCUT2D eigenvalue weighted by atomic mass is 9.87. The van der Waals surface area contributed by atoms with E-state index in [-0.39, 0.29) is 5.41 Å². The summed E-state index contributed by atoms with van der Waals surface area (Å²) < 4.78 is 1.94. The molecule has 0 saturated heterocycles. The van der Waals surface area contributed by atoms with Gasteiger partial charge < -0.3 is 0 Å². The van der Waals surface area contributed by atoms with Gasteiger partial charge in [-0.05, 0) is 16.1 Å². The molecule has 13 heavy (non-hydrogen) atoms. The molecule has 0 atom stereocenters. The maximum Gasteiger partial charge on any atom is 0.220 e. The number of fused-ring (bicyclic) bond motifs is 1. The van der Waals surface area contributed by atoms with Crippen LogP contribution in [0.3, 0.4) is 0 Å². The van der Waals surface area contributed by atoms with Crippen molar-refractivity contribution in [3.8, 4) is 0 Å². The third-order valence-corrected chi connectivity index (χ3v) is 2.38. The highest BCUT2D eigenvalue weighted by molar-refractivity contribution is 5.60. The van der Waals surface area contributed by atoms with Gasteiger partial charge in [0.25, 0.3) is 0 Å². The highest BCUT2D eigenvalue weighted by atomic mass is 15.4. The molecule has 1 aromatic heterocycles. The first-order valence-corrected chi connectivity index (χ1v) is 4.65.